The lowest BCUT2D eigenvalue weighted by Crippen LogP contribution is -2.06. The zero-order valence-corrected chi connectivity index (χ0v) is 7.05. The van der Waals surface area contributed by atoms with Crippen LogP contribution in [-0.2, 0) is 4.79 Å². The van der Waals surface area contributed by atoms with Crippen molar-refractivity contribution in [2.24, 2.45) is 0 Å². The van der Waals surface area contributed by atoms with E-state index in [-0.39, 0.29) is 0 Å². The molecule has 1 aliphatic carbocycles. The van der Waals surface area contributed by atoms with Gasteiger partial charge in [-0.05, 0) is 19.8 Å². The first-order chi connectivity index (χ1) is 5.35. The van der Waals surface area contributed by atoms with Gasteiger partial charge in [0.15, 0.2) is 0 Å². The van der Waals surface area contributed by atoms with Crippen LogP contribution < -0.4 is 0 Å². The largest absolute Gasteiger partial charge is 0.314 e. The number of carbonyl (C=O) groups excluding carboxylic acids is 1. The standard InChI is InChI=1S/C7H11N.C2H4O/c1-8-7-5-3-2-4-6-7;1-2-3/h7H,2-6H2;2H,1H3. The number of hydrogen-bond acceptors (Lipinski definition) is 1. The molecule has 1 saturated carbocycles. The Balaban J connectivity index is 0.000000292. The van der Waals surface area contributed by atoms with Gasteiger partial charge >= 0.3 is 0 Å². The van der Waals surface area contributed by atoms with Gasteiger partial charge in [-0.1, -0.05) is 6.42 Å². The highest BCUT2D eigenvalue weighted by Gasteiger charge is 2.15. The van der Waals surface area contributed by atoms with Crippen LogP contribution in [0.15, 0.2) is 0 Å². The van der Waals surface area contributed by atoms with Crippen LogP contribution in [0, 0.1) is 6.57 Å². The summed E-state index contributed by atoms with van der Waals surface area (Å²) in [6.07, 6.45) is 6.99. The molecular formula is C9H15NO. The molecule has 0 saturated heterocycles. The predicted molar refractivity (Wildman–Crippen MR) is 45.2 cm³/mol. The molecule has 0 radical (unpaired) electrons. The van der Waals surface area contributed by atoms with Crippen molar-refractivity contribution in [3.63, 3.8) is 0 Å². The summed E-state index contributed by atoms with van der Waals surface area (Å²) < 4.78 is 0. The zero-order chi connectivity index (χ0) is 8.53. The molecule has 62 valence electrons. The van der Waals surface area contributed by atoms with E-state index in [9.17, 15) is 0 Å². The Labute approximate surface area is 68.4 Å². The fourth-order valence-corrected chi connectivity index (χ4v) is 1.21. The molecule has 0 bridgehead atoms. The van der Waals surface area contributed by atoms with E-state index >= 15 is 0 Å². The zero-order valence-electron chi connectivity index (χ0n) is 7.05. The minimum absolute atomic E-state index is 0.378. The highest BCUT2D eigenvalue weighted by atomic mass is 16.1. The van der Waals surface area contributed by atoms with E-state index in [1.165, 1.54) is 26.2 Å². The van der Waals surface area contributed by atoms with Gasteiger partial charge in [0.2, 0.25) is 6.04 Å². The van der Waals surface area contributed by atoms with Crippen molar-refractivity contribution in [3.05, 3.63) is 11.4 Å². The molecule has 0 unspecified atom stereocenters. The van der Waals surface area contributed by atoms with E-state index in [1.54, 1.807) is 0 Å². The summed E-state index contributed by atoms with van der Waals surface area (Å²) in [4.78, 5) is 12.3. The van der Waals surface area contributed by atoms with Crippen LogP contribution in [0.3, 0.4) is 0 Å². The Morgan fingerprint density at radius 1 is 1.36 bits per heavy atom. The van der Waals surface area contributed by atoms with Gasteiger partial charge in [0.05, 0.1) is 0 Å². The van der Waals surface area contributed by atoms with Gasteiger partial charge in [-0.15, -0.1) is 0 Å². The Kier molecular flexibility index (Phi) is 6.71. The summed E-state index contributed by atoms with van der Waals surface area (Å²) in [6.45, 7) is 8.17. The number of carbonyl (C=O) groups is 1. The summed E-state index contributed by atoms with van der Waals surface area (Å²) >= 11 is 0. The van der Waals surface area contributed by atoms with Gasteiger partial charge < -0.3 is 9.64 Å². The summed E-state index contributed by atoms with van der Waals surface area (Å²) in [5.41, 5.74) is 0. The highest BCUT2D eigenvalue weighted by molar-refractivity contribution is 5.44. The van der Waals surface area contributed by atoms with E-state index in [1.807, 2.05) is 0 Å². The lowest BCUT2D eigenvalue weighted by Gasteiger charge is -2.09. The van der Waals surface area contributed by atoms with Gasteiger partial charge in [-0.2, -0.15) is 0 Å². The van der Waals surface area contributed by atoms with Crippen molar-refractivity contribution in [2.45, 2.75) is 45.1 Å². The van der Waals surface area contributed by atoms with E-state index < -0.39 is 0 Å². The molecule has 0 aromatic carbocycles. The van der Waals surface area contributed by atoms with Gasteiger partial charge in [0, 0.05) is 12.8 Å². The Bertz CT molecular complexity index is 131. The molecule has 1 rings (SSSR count). The molecule has 1 fully saturated rings. The first kappa shape index (κ1) is 10.2. The lowest BCUT2D eigenvalue weighted by molar-refractivity contribution is -0.106. The predicted octanol–water partition coefficient (Wildman–Crippen LogP) is 2.44. The van der Waals surface area contributed by atoms with Crippen molar-refractivity contribution in [2.75, 3.05) is 0 Å². The Hall–Kier alpha value is -0.840. The third kappa shape index (κ3) is 5.60. The molecule has 0 aromatic rings. The topological polar surface area (TPSA) is 21.4 Å². The maximum Gasteiger partial charge on any atom is 0.223 e. The van der Waals surface area contributed by atoms with E-state index in [4.69, 9.17) is 11.4 Å². The van der Waals surface area contributed by atoms with Crippen LogP contribution >= 0.6 is 0 Å². The quantitative estimate of drug-likeness (QED) is 0.387. The summed E-state index contributed by atoms with van der Waals surface area (Å²) in [7, 11) is 0. The molecule has 0 aromatic heterocycles. The molecule has 11 heavy (non-hydrogen) atoms. The summed E-state index contributed by atoms with van der Waals surface area (Å²) in [5.74, 6) is 0. The molecule has 1 aliphatic rings. The normalized spacial score (nSPS) is 17.5. The fraction of sp³-hybridized carbons (Fsp3) is 0.778. The van der Waals surface area contributed by atoms with Gasteiger partial charge in [0.25, 0.3) is 0 Å². The SMILES string of the molecule is CC=O.[C-]#[N+]C1CCCCC1. The lowest BCUT2D eigenvalue weighted by atomic mass is 9.96. The van der Waals surface area contributed by atoms with Crippen LogP contribution in [0.1, 0.15) is 39.0 Å². The van der Waals surface area contributed by atoms with Crippen molar-refractivity contribution >= 4 is 6.29 Å². The Morgan fingerprint density at radius 3 is 2.09 bits per heavy atom. The second-order valence-corrected chi connectivity index (χ2v) is 2.66. The molecular weight excluding hydrogens is 138 g/mol. The molecule has 2 heteroatoms. The van der Waals surface area contributed by atoms with Crippen molar-refractivity contribution in [1.82, 2.24) is 0 Å². The van der Waals surface area contributed by atoms with Crippen LogP contribution in [0.2, 0.25) is 0 Å². The maximum absolute atomic E-state index is 8.81. The van der Waals surface area contributed by atoms with Crippen molar-refractivity contribution in [3.8, 4) is 0 Å². The van der Waals surface area contributed by atoms with E-state index in [2.05, 4.69) is 4.85 Å². The minimum Gasteiger partial charge on any atom is -0.314 e. The molecule has 0 spiro atoms. The van der Waals surface area contributed by atoms with E-state index in [0.717, 1.165) is 19.1 Å². The van der Waals surface area contributed by atoms with E-state index in [0.29, 0.717) is 6.04 Å². The van der Waals surface area contributed by atoms with Gasteiger partial charge in [-0.3, -0.25) is 0 Å². The minimum atomic E-state index is 0.378. The first-order valence-electron chi connectivity index (χ1n) is 4.11. The van der Waals surface area contributed by atoms with Crippen LogP contribution in [0.4, 0.5) is 0 Å². The molecule has 0 N–H and O–H groups in total. The van der Waals surface area contributed by atoms with Crippen molar-refractivity contribution < 1.29 is 4.79 Å². The monoisotopic (exact) mass is 153 g/mol. The number of rotatable bonds is 0. The van der Waals surface area contributed by atoms with Crippen LogP contribution in [0.5, 0.6) is 0 Å². The highest BCUT2D eigenvalue weighted by Crippen LogP contribution is 2.19. The Morgan fingerprint density at radius 2 is 1.82 bits per heavy atom. The molecule has 2 nitrogen and oxygen atoms in total. The first-order valence-corrected chi connectivity index (χ1v) is 4.11. The van der Waals surface area contributed by atoms with Crippen molar-refractivity contribution in [1.29, 1.82) is 0 Å². The maximum atomic E-state index is 8.81. The number of nitrogens with zero attached hydrogens (tertiary/aromatic N) is 1. The van der Waals surface area contributed by atoms with Gasteiger partial charge in [0.1, 0.15) is 6.29 Å². The second-order valence-electron chi connectivity index (χ2n) is 2.66. The molecule has 0 aliphatic heterocycles. The number of aldehydes is 1. The smallest absolute Gasteiger partial charge is 0.223 e. The van der Waals surface area contributed by atoms with Gasteiger partial charge in [-0.25, -0.2) is 6.57 Å². The molecule has 0 amide bonds. The number of hydrogen-bond donors (Lipinski definition) is 0. The third-order valence-corrected chi connectivity index (χ3v) is 1.76. The average molecular weight is 153 g/mol. The average Bonchev–Trinajstić information content (AvgIpc) is 2.08. The third-order valence-electron chi connectivity index (χ3n) is 1.76. The fourth-order valence-electron chi connectivity index (χ4n) is 1.21. The summed E-state index contributed by atoms with van der Waals surface area (Å²) in [6, 6.07) is 0.378. The second kappa shape index (κ2) is 7.27. The molecule has 0 atom stereocenters. The summed E-state index contributed by atoms with van der Waals surface area (Å²) in [5, 5.41) is 0. The van der Waals surface area contributed by atoms with Crippen LogP contribution in [0.25, 0.3) is 4.85 Å². The molecule has 0 heterocycles. The van der Waals surface area contributed by atoms with Crippen LogP contribution in [-0.4, -0.2) is 12.3 Å².